The topological polar surface area (TPSA) is 80.3 Å². The molecule has 1 saturated carbocycles. The third-order valence-corrected chi connectivity index (χ3v) is 6.04. The van der Waals surface area contributed by atoms with Gasteiger partial charge in [0.1, 0.15) is 0 Å². The van der Waals surface area contributed by atoms with Crippen LogP contribution in [0.2, 0.25) is 0 Å². The van der Waals surface area contributed by atoms with E-state index in [9.17, 15) is 16.8 Å². The Hall–Kier alpha value is -0.630. The summed E-state index contributed by atoms with van der Waals surface area (Å²) in [6.07, 6.45) is 1.79. The molecule has 1 aromatic carbocycles. The van der Waals surface area contributed by atoms with Crippen LogP contribution in [0.15, 0.2) is 34.1 Å². The van der Waals surface area contributed by atoms with Crippen LogP contribution in [0.3, 0.4) is 0 Å². The highest BCUT2D eigenvalue weighted by atomic mass is 35.7. The third kappa shape index (κ3) is 3.47. The van der Waals surface area contributed by atoms with Crippen LogP contribution in [0.1, 0.15) is 19.8 Å². The molecule has 0 amide bonds. The first-order valence-corrected chi connectivity index (χ1v) is 9.60. The van der Waals surface area contributed by atoms with Crippen molar-refractivity contribution >= 4 is 29.8 Å². The van der Waals surface area contributed by atoms with Gasteiger partial charge in [-0.15, -0.1) is 0 Å². The zero-order valence-corrected chi connectivity index (χ0v) is 12.6. The van der Waals surface area contributed by atoms with E-state index >= 15 is 0 Å². The number of benzene rings is 1. The molecule has 0 radical (unpaired) electrons. The van der Waals surface area contributed by atoms with Gasteiger partial charge in [-0.2, -0.15) is 0 Å². The summed E-state index contributed by atoms with van der Waals surface area (Å²) >= 11 is 0. The first-order valence-electron chi connectivity index (χ1n) is 5.81. The van der Waals surface area contributed by atoms with Crippen molar-refractivity contribution < 1.29 is 16.8 Å². The van der Waals surface area contributed by atoms with Crippen molar-refractivity contribution in [2.75, 3.05) is 0 Å². The third-order valence-electron chi connectivity index (χ3n) is 3.17. The Bertz CT molecular complexity index is 667. The minimum atomic E-state index is -3.83. The summed E-state index contributed by atoms with van der Waals surface area (Å²) in [5.41, 5.74) is 0. The van der Waals surface area contributed by atoms with Gasteiger partial charge in [-0.05, 0) is 36.6 Å². The second-order valence-electron chi connectivity index (χ2n) is 4.54. The summed E-state index contributed by atoms with van der Waals surface area (Å²) in [7, 11) is -2.26. The number of hydrogen-bond acceptors (Lipinski definition) is 4. The molecule has 106 valence electrons. The van der Waals surface area contributed by atoms with Crippen molar-refractivity contribution in [3.63, 3.8) is 0 Å². The van der Waals surface area contributed by atoms with Crippen LogP contribution in [0.4, 0.5) is 0 Å². The maximum atomic E-state index is 12.0. The van der Waals surface area contributed by atoms with Gasteiger partial charge in [-0.25, -0.2) is 21.6 Å². The maximum Gasteiger partial charge on any atom is 0.261 e. The Morgan fingerprint density at radius 2 is 1.68 bits per heavy atom. The predicted molar refractivity (Wildman–Crippen MR) is 72.0 cm³/mol. The summed E-state index contributed by atoms with van der Waals surface area (Å²) in [5.74, 6) is 0.400. The van der Waals surface area contributed by atoms with Gasteiger partial charge >= 0.3 is 0 Å². The van der Waals surface area contributed by atoms with E-state index in [2.05, 4.69) is 4.72 Å². The Morgan fingerprint density at radius 3 is 2.11 bits per heavy atom. The van der Waals surface area contributed by atoms with Gasteiger partial charge in [-0.1, -0.05) is 13.3 Å². The molecule has 2 atom stereocenters. The fourth-order valence-corrected chi connectivity index (χ4v) is 3.98. The van der Waals surface area contributed by atoms with Gasteiger partial charge in [0, 0.05) is 16.7 Å². The molecular formula is C11H14ClNO4S2. The SMILES string of the molecule is CCC1CC1NS(=O)(=O)c1ccc(S(=O)(=O)Cl)cc1. The Balaban J connectivity index is 2.18. The van der Waals surface area contributed by atoms with E-state index in [1.165, 1.54) is 24.3 Å². The summed E-state index contributed by atoms with van der Waals surface area (Å²) in [6.45, 7) is 2.01. The number of hydrogen-bond donors (Lipinski definition) is 1. The molecule has 1 aliphatic rings. The van der Waals surface area contributed by atoms with E-state index in [1.807, 2.05) is 6.92 Å². The monoisotopic (exact) mass is 323 g/mol. The van der Waals surface area contributed by atoms with Crippen LogP contribution in [0, 0.1) is 5.92 Å². The van der Waals surface area contributed by atoms with Crippen molar-refractivity contribution in [1.82, 2.24) is 4.72 Å². The highest BCUT2D eigenvalue weighted by molar-refractivity contribution is 8.13. The van der Waals surface area contributed by atoms with Crippen molar-refractivity contribution in [2.45, 2.75) is 35.6 Å². The van der Waals surface area contributed by atoms with Gasteiger partial charge < -0.3 is 0 Å². The molecule has 1 aromatic rings. The Morgan fingerprint density at radius 1 is 1.16 bits per heavy atom. The minimum absolute atomic E-state index is 0.00793. The quantitative estimate of drug-likeness (QED) is 0.836. The largest absolute Gasteiger partial charge is 0.261 e. The summed E-state index contributed by atoms with van der Waals surface area (Å²) < 4.78 is 48.7. The molecule has 2 rings (SSSR count). The van der Waals surface area contributed by atoms with Crippen LogP contribution < -0.4 is 4.72 Å². The van der Waals surface area contributed by atoms with E-state index in [-0.39, 0.29) is 15.8 Å². The van der Waals surface area contributed by atoms with E-state index in [4.69, 9.17) is 10.7 Å². The first-order chi connectivity index (χ1) is 8.74. The lowest BCUT2D eigenvalue weighted by Crippen LogP contribution is -2.27. The summed E-state index contributed by atoms with van der Waals surface area (Å²) in [6, 6.07) is 4.83. The smallest absolute Gasteiger partial charge is 0.208 e. The molecule has 2 unspecified atom stereocenters. The van der Waals surface area contributed by atoms with E-state index in [0.29, 0.717) is 5.92 Å². The normalized spacial score (nSPS) is 23.3. The molecule has 0 aliphatic heterocycles. The molecule has 1 aliphatic carbocycles. The number of halogens is 1. The van der Waals surface area contributed by atoms with Crippen LogP contribution >= 0.6 is 10.7 Å². The van der Waals surface area contributed by atoms with E-state index in [1.54, 1.807) is 0 Å². The van der Waals surface area contributed by atoms with Gasteiger partial charge in [-0.3, -0.25) is 0 Å². The molecule has 0 bridgehead atoms. The predicted octanol–water partition coefficient (Wildman–Crippen LogP) is 1.69. The van der Waals surface area contributed by atoms with Crippen LogP contribution in [-0.2, 0) is 19.1 Å². The Kier molecular flexibility index (Phi) is 3.92. The number of sulfonamides is 1. The van der Waals surface area contributed by atoms with Gasteiger partial charge in [0.25, 0.3) is 9.05 Å². The zero-order valence-electron chi connectivity index (χ0n) is 10.2. The van der Waals surface area contributed by atoms with Crippen LogP contribution in [0.25, 0.3) is 0 Å². The van der Waals surface area contributed by atoms with Crippen LogP contribution in [0.5, 0.6) is 0 Å². The molecule has 8 heteroatoms. The highest BCUT2D eigenvalue weighted by Gasteiger charge is 2.38. The average Bonchev–Trinajstić information content (AvgIpc) is 3.06. The first kappa shape index (κ1) is 14.8. The molecule has 0 spiro atoms. The summed E-state index contributed by atoms with van der Waals surface area (Å²) in [4.78, 5) is -0.0794. The second-order valence-corrected chi connectivity index (χ2v) is 8.82. The van der Waals surface area contributed by atoms with Crippen LogP contribution in [-0.4, -0.2) is 22.9 Å². The molecule has 5 nitrogen and oxygen atoms in total. The van der Waals surface area contributed by atoms with Gasteiger partial charge in [0.05, 0.1) is 9.79 Å². The highest BCUT2D eigenvalue weighted by Crippen LogP contribution is 2.34. The molecule has 0 saturated heterocycles. The molecular weight excluding hydrogens is 310 g/mol. The van der Waals surface area contributed by atoms with E-state index in [0.717, 1.165) is 12.8 Å². The lowest BCUT2D eigenvalue weighted by molar-refractivity contribution is 0.575. The molecule has 1 fully saturated rings. The molecule has 19 heavy (non-hydrogen) atoms. The second kappa shape index (κ2) is 5.05. The molecule has 0 aromatic heterocycles. The number of nitrogens with one attached hydrogen (secondary N) is 1. The fraction of sp³-hybridized carbons (Fsp3) is 0.455. The number of rotatable bonds is 5. The summed E-state index contributed by atoms with van der Waals surface area (Å²) in [5, 5.41) is 0. The van der Waals surface area contributed by atoms with Crippen molar-refractivity contribution in [3.05, 3.63) is 24.3 Å². The maximum absolute atomic E-state index is 12.0. The molecule has 0 heterocycles. The van der Waals surface area contributed by atoms with Crippen molar-refractivity contribution in [2.24, 2.45) is 5.92 Å². The lowest BCUT2D eigenvalue weighted by Gasteiger charge is -2.06. The average molecular weight is 324 g/mol. The van der Waals surface area contributed by atoms with Crippen molar-refractivity contribution in [1.29, 1.82) is 0 Å². The van der Waals surface area contributed by atoms with Gasteiger partial charge in [0.15, 0.2) is 0 Å². The van der Waals surface area contributed by atoms with E-state index < -0.39 is 19.1 Å². The van der Waals surface area contributed by atoms with Gasteiger partial charge in [0.2, 0.25) is 10.0 Å². The zero-order chi connectivity index (χ0) is 14.3. The fourth-order valence-electron chi connectivity index (χ4n) is 1.89. The standard InChI is InChI=1S/C11H14ClNO4S2/c1-2-8-7-11(8)13-19(16,17)10-5-3-9(4-6-10)18(12,14)15/h3-6,8,11,13H,2,7H2,1H3. The lowest BCUT2D eigenvalue weighted by atomic mass is 10.3. The minimum Gasteiger partial charge on any atom is -0.208 e. The Labute approximate surface area is 117 Å². The van der Waals surface area contributed by atoms with Crippen molar-refractivity contribution in [3.8, 4) is 0 Å². The molecule has 1 N–H and O–H groups in total.